The van der Waals surface area contributed by atoms with Gasteiger partial charge in [0.1, 0.15) is 10.8 Å². The fraction of sp³-hybridized carbons (Fsp3) is 0.286. The Balaban J connectivity index is 1.59. The fourth-order valence-corrected chi connectivity index (χ4v) is 4.80. The summed E-state index contributed by atoms with van der Waals surface area (Å²) in [7, 11) is 1.65. The topological polar surface area (TPSA) is 43.3 Å². The van der Waals surface area contributed by atoms with Crippen molar-refractivity contribution in [2.24, 2.45) is 0 Å². The molecule has 26 heavy (non-hydrogen) atoms. The van der Waals surface area contributed by atoms with Crippen molar-refractivity contribution in [1.29, 1.82) is 0 Å². The maximum atomic E-state index is 13.0. The number of hydrogen-bond donors (Lipinski definition) is 1. The number of aromatic nitrogens is 1. The molecule has 0 aliphatic heterocycles. The molecule has 0 radical (unpaired) electrons. The quantitative estimate of drug-likeness (QED) is 0.729. The number of carbonyl (C=O) groups excluding carboxylic acids is 1. The Morgan fingerprint density at radius 2 is 1.88 bits per heavy atom. The van der Waals surface area contributed by atoms with Gasteiger partial charge in [0.15, 0.2) is 0 Å². The van der Waals surface area contributed by atoms with E-state index in [4.69, 9.17) is 4.74 Å². The van der Waals surface area contributed by atoms with Crippen LogP contribution < -0.4 is 10.1 Å². The van der Waals surface area contributed by atoms with Gasteiger partial charge >= 0.3 is 0 Å². The third-order valence-electron chi connectivity index (χ3n) is 4.83. The van der Waals surface area contributed by atoms with Crippen molar-refractivity contribution in [2.75, 3.05) is 7.11 Å². The highest BCUT2D eigenvalue weighted by Gasteiger charge is 2.25. The second-order valence-electron chi connectivity index (χ2n) is 6.51. The molecule has 1 aliphatic carbocycles. The van der Waals surface area contributed by atoms with E-state index < -0.39 is 0 Å². The van der Waals surface area contributed by atoms with E-state index in [2.05, 4.69) is 9.88 Å². The van der Waals surface area contributed by atoms with Gasteiger partial charge in [-0.3, -0.25) is 4.79 Å². The normalized spacial score (nSPS) is 13.3. The summed E-state index contributed by atoms with van der Waals surface area (Å²) in [6.45, 7) is 0.512. The van der Waals surface area contributed by atoms with Crippen LogP contribution in [0.3, 0.4) is 0 Å². The molecular weight excluding hydrogens is 344 g/mol. The molecule has 0 spiro atoms. The Hall–Kier alpha value is -2.53. The Bertz CT molecular complexity index is 895. The van der Waals surface area contributed by atoms with Crippen molar-refractivity contribution in [3.63, 3.8) is 0 Å². The SMILES string of the molecule is COc1ccc(CNC(=O)c2c(-n3cccc3)sc3c2CCCC3)cc1. The first-order valence-corrected chi connectivity index (χ1v) is 9.77. The summed E-state index contributed by atoms with van der Waals surface area (Å²) in [5.41, 5.74) is 3.16. The molecule has 0 fully saturated rings. The number of fused-ring (bicyclic) bond motifs is 1. The predicted molar refractivity (Wildman–Crippen MR) is 104 cm³/mol. The van der Waals surface area contributed by atoms with Gasteiger partial charge in [-0.15, -0.1) is 11.3 Å². The summed E-state index contributed by atoms with van der Waals surface area (Å²) in [6, 6.07) is 11.8. The van der Waals surface area contributed by atoms with Crippen LogP contribution in [0.4, 0.5) is 0 Å². The van der Waals surface area contributed by atoms with Crippen molar-refractivity contribution in [3.05, 3.63) is 70.4 Å². The molecule has 2 aromatic heterocycles. The molecule has 0 bridgehead atoms. The maximum Gasteiger partial charge on any atom is 0.254 e. The minimum atomic E-state index is 0.0175. The van der Waals surface area contributed by atoms with Crippen LogP contribution in [0.25, 0.3) is 5.00 Å². The fourth-order valence-electron chi connectivity index (χ4n) is 3.45. The zero-order valence-electron chi connectivity index (χ0n) is 14.8. The van der Waals surface area contributed by atoms with Crippen molar-refractivity contribution in [1.82, 2.24) is 9.88 Å². The number of benzene rings is 1. The highest BCUT2D eigenvalue weighted by atomic mass is 32.1. The van der Waals surface area contributed by atoms with E-state index in [9.17, 15) is 4.79 Å². The summed E-state index contributed by atoms with van der Waals surface area (Å²) < 4.78 is 7.25. The molecule has 4 nitrogen and oxygen atoms in total. The summed E-state index contributed by atoms with van der Waals surface area (Å²) in [4.78, 5) is 14.4. The molecule has 0 unspecified atom stereocenters. The van der Waals surface area contributed by atoms with Crippen LogP contribution in [-0.2, 0) is 19.4 Å². The summed E-state index contributed by atoms with van der Waals surface area (Å²) in [5.74, 6) is 0.839. The van der Waals surface area contributed by atoms with E-state index in [1.54, 1.807) is 18.4 Å². The molecular formula is C21H22N2O2S. The molecule has 0 atom stereocenters. The zero-order valence-corrected chi connectivity index (χ0v) is 15.6. The molecule has 4 rings (SSSR count). The lowest BCUT2D eigenvalue weighted by Crippen LogP contribution is -2.25. The molecule has 3 aromatic rings. The van der Waals surface area contributed by atoms with Crippen LogP contribution in [0, 0.1) is 0 Å². The largest absolute Gasteiger partial charge is 0.497 e. The van der Waals surface area contributed by atoms with Gasteiger partial charge in [0.25, 0.3) is 5.91 Å². The second kappa shape index (κ2) is 7.38. The lowest BCUT2D eigenvalue weighted by atomic mass is 9.95. The standard InChI is InChI=1S/C21H22N2O2S/c1-25-16-10-8-15(9-11-16)14-22-20(24)19-17-6-2-3-7-18(17)26-21(19)23-12-4-5-13-23/h4-5,8-13H,2-3,6-7,14H2,1H3,(H,22,24). The first-order chi connectivity index (χ1) is 12.8. The van der Waals surface area contributed by atoms with Crippen molar-refractivity contribution < 1.29 is 9.53 Å². The molecule has 5 heteroatoms. The molecule has 1 aliphatic rings. The van der Waals surface area contributed by atoms with Gasteiger partial charge in [0.2, 0.25) is 0 Å². The first kappa shape index (κ1) is 16.9. The first-order valence-electron chi connectivity index (χ1n) is 8.95. The lowest BCUT2D eigenvalue weighted by molar-refractivity contribution is 0.0950. The number of thiophene rings is 1. The van der Waals surface area contributed by atoms with E-state index in [0.29, 0.717) is 6.54 Å². The molecule has 0 saturated heterocycles. The summed E-state index contributed by atoms with van der Waals surface area (Å²) in [6.07, 6.45) is 8.48. The Kier molecular flexibility index (Phi) is 4.80. The van der Waals surface area contributed by atoms with Crippen LogP contribution in [0.15, 0.2) is 48.8 Å². The van der Waals surface area contributed by atoms with Crippen LogP contribution in [-0.4, -0.2) is 17.6 Å². The van der Waals surface area contributed by atoms with Crippen LogP contribution in [0.1, 0.15) is 39.2 Å². The van der Waals surface area contributed by atoms with Gasteiger partial charge in [-0.1, -0.05) is 12.1 Å². The Labute approximate surface area is 157 Å². The Morgan fingerprint density at radius 3 is 2.62 bits per heavy atom. The highest BCUT2D eigenvalue weighted by molar-refractivity contribution is 7.15. The number of amides is 1. The van der Waals surface area contributed by atoms with E-state index in [0.717, 1.165) is 41.1 Å². The average molecular weight is 366 g/mol. The predicted octanol–water partition coefficient (Wildman–Crippen LogP) is 4.36. The van der Waals surface area contributed by atoms with Gasteiger partial charge in [-0.05, 0) is 61.1 Å². The van der Waals surface area contributed by atoms with E-state index in [1.165, 1.54) is 16.9 Å². The number of hydrogen-bond acceptors (Lipinski definition) is 3. The molecule has 134 valence electrons. The number of ether oxygens (including phenoxy) is 1. The lowest BCUT2D eigenvalue weighted by Gasteiger charge is -2.13. The van der Waals surface area contributed by atoms with Gasteiger partial charge in [-0.25, -0.2) is 0 Å². The third-order valence-corrected chi connectivity index (χ3v) is 6.14. The highest BCUT2D eigenvalue weighted by Crippen LogP contribution is 2.36. The molecule has 1 aromatic carbocycles. The van der Waals surface area contributed by atoms with E-state index in [1.807, 2.05) is 48.8 Å². The second-order valence-corrected chi connectivity index (χ2v) is 7.60. The summed E-state index contributed by atoms with van der Waals surface area (Å²) in [5, 5.41) is 4.14. The van der Waals surface area contributed by atoms with Crippen molar-refractivity contribution in [2.45, 2.75) is 32.2 Å². The number of aryl methyl sites for hydroxylation is 1. The molecule has 0 saturated carbocycles. The minimum absolute atomic E-state index is 0.0175. The average Bonchev–Trinajstić information content (AvgIpc) is 3.33. The van der Waals surface area contributed by atoms with Gasteiger partial charge in [0, 0.05) is 23.8 Å². The molecule has 1 N–H and O–H groups in total. The number of rotatable bonds is 5. The zero-order chi connectivity index (χ0) is 17.9. The molecule has 2 heterocycles. The van der Waals surface area contributed by atoms with E-state index >= 15 is 0 Å². The van der Waals surface area contributed by atoms with Crippen molar-refractivity contribution in [3.8, 4) is 10.8 Å². The number of carbonyl (C=O) groups is 1. The number of nitrogens with zero attached hydrogens (tertiary/aromatic N) is 1. The Morgan fingerprint density at radius 1 is 1.15 bits per heavy atom. The van der Waals surface area contributed by atoms with Crippen LogP contribution >= 0.6 is 11.3 Å². The van der Waals surface area contributed by atoms with Gasteiger partial charge in [0.05, 0.1) is 12.7 Å². The van der Waals surface area contributed by atoms with Crippen molar-refractivity contribution >= 4 is 17.2 Å². The van der Waals surface area contributed by atoms with Crippen LogP contribution in [0.2, 0.25) is 0 Å². The summed E-state index contributed by atoms with van der Waals surface area (Å²) >= 11 is 1.76. The van der Waals surface area contributed by atoms with E-state index in [-0.39, 0.29) is 5.91 Å². The maximum absolute atomic E-state index is 13.0. The van der Waals surface area contributed by atoms with Gasteiger partial charge in [-0.2, -0.15) is 0 Å². The minimum Gasteiger partial charge on any atom is -0.497 e. The van der Waals surface area contributed by atoms with Gasteiger partial charge < -0.3 is 14.6 Å². The third kappa shape index (κ3) is 3.27. The number of nitrogens with one attached hydrogen (secondary N) is 1. The number of methoxy groups -OCH3 is 1. The van der Waals surface area contributed by atoms with Crippen LogP contribution in [0.5, 0.6) is 5.75 Å². The molecule has 1 amide bonds. The smallest absolute Gasteiger partial charge is 0.254 e. The monoisotopic (exact) mass is 366 g/mol.